The maximum atomic E-state index is 16.8. The van der Waals surface area contributed by atoms with Crippen LogP contribution < -0.4 is 23.8 Å². The molecule has 6 heterocycles. The summed E-state index contributed by atoms with van der Waals surface area (Å²) in [5, 5.41) is 6.17. The Morgan fingerprint density at radius 2 is 0.845 bits per heavy atom. The monoisotopic (exact) mass is 1530 g/mol. The van der Waals surface area contributed by atoms with Gasteiger partial charge in [-0.15, -0.1) is 0 Å². The molecule has 2 amide bonds. The summed E-state index contributed by atoms with van der Waals surface area (Å²) >= 11 is 0. The van der Waals surface area contributed by atoms with Crippen LogP contribution in [0.15, 0.2) is 200 Å². The Labute approximate surface area is 680 Å². The predicted molar refractivity (Wildman–Crippen MR) is 476 cm³/mol. The maximum absolute atomic E-state index is 16.8. The van der Waals surface area contributed by atoms with E-state index < -0.39 is 17.2 Å². The van der Waals surface area contributed by atoms with Gasteiger partial charge in [-0.1, -0.05) is 244 Å². The van der Waals surface area contributed by atoms with Crippen LogP contribution in [0.1, 0.15) is 223 Å². The third-order valence-corrected chi connectivity index (χ3v) is 23.9. The molecule has 582 valence electrons. The average molecular weight is 1530 g/mol. The van der Waals surface area contributed by atoms with E-state index in [-0.39, 0.29) is 33.5 Å². The standard InChI is InChI=1S/C105H101N5O6/c1-58(2)75-48-62(28-45-71-81-50-77(63-29-24-60(5)25-30-63)82(106-81)54-91-105(18,19)57-86(109-91)98(113-20)84-51-78(64-31-26-61(6)27-32-64)83(107-84)55-90-104(16,17)56-85(71)108-90)49-76(59(3)4)97(75)110-99(111)79-52-88(115-69-41-35-66(36-42-69)102(10,11)12)94-73-23-21-22-72-87(114-68-39-33-65(34-40-68)101(7,8)9)47-46-74(92(72)73)95-89(53-80(100(110)112)93(79)96(94)95)116-70-43-37-67(38-44-70)103(13,14)15/h21-27,29-44,46-55,58-59,106-107H,56-57H2,1-20H3. The number of aromatic amines is 2. The Balaban J connectivity index is 0.887. The highest BCUT2D eigenvalue weighted by Gasteiger charge is 2.42. The first-order valence-electron chi connectivity index (χ1n) is 40.7. The number of anilines is 1. The zero-order chi connectivity index (χ0) is 81.7. The van der Waals surface area contributed by atoms with Crippen LogP contribution in [0.5, 0.6) is 40.2 Å². The highest BCUT2D eigenvalue weighted by atomic mass is 16.5. The van der Waals surface area contributed by atoms with Gasteiger partial charge in [-0.3, -0.25) is 19.6 Å². The molecule has 0 fully saturated rings. The number of hydrogen-bond acceptors (Lipinski definition) is 8. The number of amides is 2. The number of imide groups is 1. The van der Waals surface area contributed by atoms with Gasteiger partial charge in [-0.25, -0.2) is 4.90 Å². The number of aryl methyl sites for hydroxylation is 2. The summed E-state index contributed by atoms with van der Waals surface area (Å²) < 4.78 is 27.9. The van der Waals surface area contributed by atoms with Crippen molar-refractivity contribution in [3.63, 3.8) is 0 Å². The number of rotatable bonds is 12. The second-order valence-corrected chi connectivity index (χ2v) is 37.3. The second-order valence-electron chi connectivity index (χ2n) is 37.3. The van der Waals surface area contributed by atoms with Crippen molar-refractivity contribution in [2.75, 3.05) is 12.0 Å². The number of fused-ring (bicyclic) bond motifs is 10. The fraction of sp³-hybridized carbons (Fsp3) is 0.276. The van der Waals surface area contributed by atoms with Crippen molar-refractivity contribution in [3.05, 3.63) is 284 Å². The summed E-state index contributed by atoms with van der Waals surface area (Å²) in [6, 6.07) is 69.2. The molecule has 0 unspecified atom stereocenters. The van der Waals surface area contributed by atoms with Gasteiger partial charge >= 0.3 is 0 Å². The molecule has 0 saturated heterocycles. The van der Waals surface area contributed by atoms with Gasteiger partial charge in [0, 0.05) is 95.1 Å². The lowest BCUT2D eigenvalue weighted by Gasteiger charge is -2.34. The number of nitrogens with zero attached hydrogens (tertiary/aromatic N) is 3. The molecule has 2 N–H and O–H groups in total. The van der Waals surface area contributed by atoms with Crippen LogP contribution in [0, 0.1) is 25.7 Å². The van der Waals surface area contributed by atoms with Crippen LogP contribution in [0.3, 0.4) is 0 Å². The van der Waals surface area contributed by atoms with Gasteiger partial charge in [-0.2, -0.15) is 0 Å². The Bertz CT molecular complexity index is 6450. The van der Waals surface area contributed by atoms with E-state index in [4.69, 9.17) is 28.9 Å². The van der Waals surface area contributed by atoms with E-state index in [0.29, 0.717) is 80.7 Å². The van der Waals surface area contributed by atoms with Crippen LogP contribution in [-0.2, 0) is 39.9 Å². The first-order valence-corrected chi connectivity index (χ1v) is 40.7. The smallest absolute Gasteiger partial charge is 0.266 e. The van der Waals surface area contributed by atoms with Gasteiger partial charge in [0.25, 0.3) is 11.8 Å². The first-order chi connectivity index (χ1) is 55.1. The molecule has 0 aliphatic carbocycles. The summed E-state index contributed by atoms with van der Waals surface area (Å²) in [7, 11) is 1.73. The lowest BCUT2D eigenvalue weighted by Crippen LogP contribution is -2.42. The number of aromatic nitrogens is 4. The Morgan fingerprint density at radius 1 is 0.422 bits per heavy atom. The van der Waals surface area contributed by atoms with Crippen molar-refractivity contribution in [2.45, 2.75) is 183 Å². The van der Waals surface area contributed by atoms with Gasteiger partial charge in [0.1, 0.15) is 34.5 Å². The fourth-order valence-electron chi connectivity index (χ4n) is 17.3. The summed E-state index contributed by atoms with van der Waals surface area (Å²) in [6.45, 7) is 41.5. The Hall–Kier alpha value is -12.3. The van der Waals surface area contributed by atoms with Crippen LogP contribution in [0.25, 0.3) is 87.4 Å². The van der Waals surface area contributed by atoms with Crippen molar-refractivity contribution in [1.82, 2.24) is 19.9 Å². The molecule has 8 bridgehead atoms. The van der Waals surface area contributed by atoms with E-state index in [0.717, 1.165) is 138 Å². The van der Waals surface area contributed by atoms with Gasteiger partial charge in [0.05, 0.1) is 51.9 Å². The second kappa shape index (κ2) is 28.0. The van der Waals surface area contributed by atoms with E-state index >= 15 is 9.59 Å². The highest BCUT2D eigenvalue weighted by Crippen LogP contribution is 2.55. The largest absolute Gasteiger partial charge is 0.493 e. The predicted octanol–water partition coefficient (Wildman–Crippen LogP) is 27.1. The number of methoxy groups -OCH3 is 1. The number of carbonyl (C=O) groups is 2. The van der Waals surface area contributed by atoms with Crippen molar-refractivity contribution in [3.8, 4) is 74.3 Å². The van der Waals surface area contributed by atoms with Crippen LogP contribution >= 0.6 is 0 Å². The van der Waals surface area contributed by atoms with E-state index in [2.05, 4.69) is 293 Å². The quantitative estimate of drug-likeness (QED) is 0.0535. The molecular weight excluding hydrogens is 1430 g/mol. The van der Waals surface area contributed by atoms with Crippen molar-refractivity contribution in [2.24, 2.45) is 0 Å². The maximum Gasteiger partial charge on any atom is 0.266 e. The number of nitrogens with one attached hydrogen (secondary N) is 2. The molecular formula is C105H101N5O6. The van der Waals surface area contributed by atoms with E-state index in [1.165, 1.54) is 16.0 Å². The van der Waals surface area contributed by atoms with Crippen LogP contribution in [-0.4, -0.2) is 38.9 Å². The highest BCUT2D eigenvalue weighted by molar-refractivity contribution is 6.44. The molecule has 3 aliphatic rings. The van der Waals surface area contributed by atoms with Crippen molar-refractivity contribution < 1.29 is 28.5 Å². The molecule has 116 heavy (non-hydrogen) atoms. The Morgan fingerprint density at radius 3 is 1.30 bits per heavy atom. The average Bonchev–Trinajstić information content (AvgIpc) is 0.842. The number of hydrogen-bond donors (Lipinski definition) is 2. The number of ether oxygens (including phenoxy) is 4. The lowest BCUT2D eigenvalue weighted by molar-refractivity contribution is 0.0892. The minimum atomic E-state index is -0.469. The van der Waals surface area contributed by atoms with E-state index in [9.17, 15) is 0 Å². The minimum absolute atomic E-state index is 0.0420. The van der Waals surface area contributed by atoms with Crippen molar-refractivity contribution in [1.29, 1.82) is 0 Å². The van der Waals surface area contributed by atoms with Gasteiger partial charge < -0.3 is 28.9 Å². The molecule has 11 aromatic carbocycles. The third-order valence-electron chi connectivity index (χ3n) is 23.9. The number of H-pyrrole nitrogens is 2. The topological polar surface area (TPSA) is 132 Å². The Kier molecular flexibility index (Phi) is 18.5. The van der Waals surface area contributed by atoms with E-state index in [1.54, 1.807) is 7.11 Å². The lowest BCUT2D eigenvalue weighted by atomic mass is 9.82. The van der Waals surface area contributed by atoms with Crippen molar-refractivity contribution >= 4 is 82.7 Å². The molecule has 0 atom stereocenters. The first kappa shape index (κ1) is 76.4. The molecule has 0 radical (unpaired) electrons. The third kappa shape index (κ3) is 13.6. The van der Waals surface area contributed by atoms with Crippen LogP contribution in [0.4, 0.5) is 5.69 Å². The molecule has 11 nitrogen and oxygen atoms in total. The molecule has 14 aromatic rings. The number of carbonyl (C=O) groups excluding carboxylic acids is 2. The van der Waals surface area contributed by atoms with Gasteiger partial charge in [0.15, 0.2) is 5.75 Å². The summed E-state index contributed by atoms with van der Waals surface area (Å²) in [4.78, 5) is 54.0. The fourth-order valence-corrected chi connectivity index (χ4v) is 17.3. The SMILES string of the molecule is COc1c2nc(cc3[nH]c(cc3-c3ccc(C)cc3)c(C#Cc3cc(C(C)C)c(N4C(=O)c5cc(Oc6ccc(C(C)(C)C)cc6)c6c7cccc8c(Oc9ccc(C(C)(C)C)cc9)ccc(c9c(Oc%10ccc(C(C)(C)C)cc%10)cc(c5c69)C4=O)c87)c(C(C)C)c3)c3nc(cc4[nH]c1cc4-c1ccc(C)cc1)C(C)(C)C3)C(C)(C)C2. The molecule has 0 spiro atoms. The van der Waals surface area contributed by atoms with Crippen LogP contribution in [0.2, 0.25) is 0 Å². The molecule has 3 aromatic heterocycles. The summed E-state index contributed by atoms with van der Waals surface area (Å²) in [5.41, 5.74) is 20.1. The number of benzene rings is 11. The summed E-state index contributed by atoms with van der Waals surface area (Å²) in [6.07, 6.45) is 1.24. The molecule has 0 saturated carbocycles. The zero-order valence-corrected chi connectivity index (χ0v) is 70.4. The molecule has 3 aliphatic heterocycles. The molecule has 17 rings (SSSR count). The summed E-state index contributed by atoms with van der Waals surface area (Å²) in [5.74, 6) is 10.4. The van der Waals surface area contributed by atoms with Gasteiger partial charge in [0.2, 0.25) is 0 Å². The molecule has 11 heteroatoms. The zero-order valence-electron chi connectivity index (χ0n) is 70.4. The normalized spacial score (nSPS) is 14.2. The minimum Gasteiger partial charge on any atom is -0.493 e. The van der Waals surface area contributed by atoms with Gasteiger partial charge in [-0.05, 0) is 189 Å². The van der Waals surface area contributed by atoms with E-state index in [1.807, 2.05) is 60.7 Å².